The van der Waals surface area contributed by atoms with Crippen molar-refractivity contribution in [1.29, 1.82) is 0 Å². The van der Waals surface area contributed by atoms with Gasteiger partial charge in [0.1, 0.15) is 5.58 Å². The van der Waals surface area contributed by atoms with Crippen LogP contribution >= 0.6 is 11.3 Å². The number of rotatable bonds is 7. The van der Waals surface area contributed by atoms with E-state index in [9.17, 15) is 4.79 Å². The van der Waals surface area contributed by atoms with Crippen LogP contribution in [0.5, 0.6) is 0 Å². The maximum atomic E-state index is 12.8. The van der Waals surface area contributed by atoms with E-state index in [4.69, 9.17) is 9.15 Å². The largest absolute Gasteiger partial charge is 0.451 e. The first-order chi connectivity index (χ1) is 12.4. The second-order valence-corrected chi connectivity index (χ2v) is 8.26. The van der Waals surface area contributed by atoms with Gasteiger partial charge in [0.05, 0.1) is 12.7 Å². The van der Waals surface area contributed by atoms with Gasteiger partial charge in [0.15, 0.2) is 5.76 Å². The van der Waals surface area contributed by atoms with Crippen molar-refractivity contribution in [2.75, 3.05) is 6.54 Å². The Balaban J connectivity index is 1.82. The predicted octanol–water partition coefficient (Wildman–Crippen LogP) is 5.13. The van der Waals surface area contributed by atoms with Crippen molar-refractivity contribution in [2.24, 2.45) is 0 Å². The van der Waals surface area contributed by atoms with Gasteiger partial charge in [-0.1, -0.05) is 38.1 Å². The highest BCUT2D eigenvalue weighted by molar-refractivity contribution is 7.10. The molecule has 0 unspecified atom stereocenters. The van der Waals surface area contributed by atoms with E-state index >= 15 is 0 Å². The lowest BCUT2D eigenvalue weighted by atomic mass is 9.91. The summed E-state index contributed by atoms with van der Waals surface area (Å²) in [6, 6.07) is 11.8. The summed E-state index contributed by atoms with van der Waals surface area (Å²) in [5.74, 6) is 0.141. The van der Waals surface area contributed by atoms with E-state index in [1.807, 2.05) is 44.2 Å². The summed E-state index contributed by atoms with van der Waals surface area (Å²) >= 11 is 1.70. The van der Waals surface area contributed by atoms with Gasteiger partial charge >= 0.3 is 0 Å². The van der Waals surface area contributed by atoms with Gasteiger partial charge in [-0.05, 0) is 31.4 Å². The summed E-state index contributed by atoms with van der Waals surface area (Å²) in [7, 11) is 0. The Morgan fingerprint density at radius 1 is 1.23 bits per heavy atom. The van der Waals surface area contributed by atoms with Crippen LogP contribution in [0.15, 0.2) is 46.2 Å². The van der Waals surface area contributed by atoms with Crippen LogP contribution in [0.25, 0.3) is 11.0 Å². The highest BCUT2D eigenvalue weighted by atomic mass is 32.1. The highest BCUT2D eigenvalue weighted by Crippen LogP contribution is 2.29. The molecule has 2 heterocycles. The molecule has 26 heavy (non-hydrogen) atoms. The number of carbonyl (C=O) groups excluding carboxylic acids is 1. The minimum absolute atomic E-state index is 0.0809. The summed E-state index contributed by atoms with van der Waals surface area (Å²) in [4.78, 5) is 14.1. The van der Waals surface area contributed by atoms with Crippen LogP contribution in [-0.4, -0.2) is 18.6 Å². The fraction of sp³-hybridized carbons (Fsp3) is 0.381. The Morgan fingerprint density at radius 3 is 2.69 bits per heavy atom. The monoisotopic (exact) mass is 371 g/mol. The molecule has 0 saturated heterocycles. The van der Waals surface area contributed by atoms with Crippen molar-refractivity contribution in [3.05, 3.63) is 58.0 Å². The second kappa shape index (κ2) is 7.64. The number of nitrogens with one attached hydrogen (secondary N) is 1. The number of ether oxygens (including phenoxy) is 1. The average Bonchev–Trinajstić information content (AvgIpc) is 3.26. The third kappa shape index (κ3) is 4.00. The van der Waals surface area contributed by atoms with Crippen LogP contribution in [-0.2, 0) is 16.8 Å². The summed E-state index contributed by atoms with van der Waals surface area (Å²) in [6.45, 7) is 9.10. The highest BCUT2D eigenvalue weighted by Gasteiger charge is 2.25. The number of para-hydroxylation sites is 1. The third-order valence-electron chi connectivity index (χ3n) is 4.34. The molecule has 0 aliphatic carbocycles. The molecule has 0 fully saturated rings. The Labute approximate surface area is 158 Å². The molecule has 3 aromatic rings. The van der Waals surface area contributed by atoms with E-state index in [1.165, 1.54) is 4.88 Å². The van der Waals surface area contributed by atoms with E-state index in [0.717, 1.165) is 10.9 Å². The number of furan rings is 1. The zero-order valence-electron chi connectivity index (χ0n) is 15.7. The number of fused-ring (bicyclic) bond motifs is 1. The Hall–Kier alpha value is -2.11. The second-order valence-electron chi connectivity index (χ2n) is 7.31. The van der Waals surface area contributed by atoms with Gasteiger partial charge in [-0.15, -0.1) is 11.3 Å². The van der Waals surface area contributed by atoms with Crippen LogP contribution in [0.3, 0.4) is 0 Å². The number of hydrogen-bond acceptors (Lipinski definition) is 4. The summed E-state index contributed by atoms with van der Waals surface area (Å²) in [5, 5.41) is 6.02. The Bertz CT molecular complexity index is 878. The van der Waals surface area contributed by atoms with E-state index in [0.29, 0.717) is 24.5 Å². The number of carbonyl (C=O) groups is 1. The first kappa shape index (κ1) is 18.7. The first-order valence-electron chi connectivity index (χ1n) is 8.82. The molecule has 2 aromatic heterocycles. The molecule has 1 N–H and O–H groups in total. The van der Waals surface area contributed by atoms with Crippen LogP contribution in [0, 0.1) is 0 Å². The summed E-state index contributed by atoms with van der Waals surface area (Å²) < 4.78 is 11.6. The van der Waals surface area contributed by atoms with Gasteiger partial charge in [-0.25, -0.2) is 0 Å². The van der Waals surface area contributed by atoms with Crippen molar-refractivity contribution >= 4 is 28.2 Å². The molecule has 0 aliphatic rings. The predicted molar refractivity (Wildman–Crippen MR) is 106 cm³/mol. The molecule has 0 spiro atoms. The van der Waals surface area contributed by atoms with Crippen LogP contribution in [0.2, 0.25) is 0 Å². The Kier molecular flexibility index (Phi) is 5.49. The van der Waals surface area contributed by atoms with Gasteiger partial charge in [0.25, 0.3) is 5.91 Å². The molecule has 3 rings (SSSR count). The number of benzene rings is 1. The normalized spacial score (nSPS) is 12.0. The lowest BCUT2D eigenvalue weighted by molar-refractivity contribution is 0.0643. The lowest BCUT2D eigenvalue weighted by Gasteiger charge is -2.23. The molecular weight excluding hydrogens is 346 g/mol. The molecular formula is C21H25NO3S. The molecule has 4 nitrogen and oxygen atoms in total. The molecule has 5 heteroatoms. The van der Waals surface area contributed by atoms with Gasteiger partial charge in [-0.3, -0.25) is 4.79 Å². The van der Waals surface area contributed by atoms with Gasteiger partial charge < -0.3 is 14.5 Å². The number of hydrogen-bond donors (Lipinski definition) is 1. The summed E-state index contributed by atoms with van der Waals surface area (Å²) in [5.41, 5.74) is 1.38. The molecule has 1 amide bonds. The fourth-order valence-electron chi connectivity index (χ4n) is 2.81. The smallest absolute Gasteiger partial charge is 0.287 e. The topological polar surface area (TPSA) is 51.5 Å². The van der Waals surface area contributed by atoms with Gasteiger partial charge in [0, 0.05) is 27.8 Å². The molecule has 0 bridgehead atoms. The molecule has 0 radical (unpaired) electrons. The lowest BCUT2D eigenvalue weighted by Crippen LogP contribution is -2.36. The third-order valence-corrected chi connectivity index (χ3v) is 5.58. The summed E-state index contributed by atoms with van der Waals surface area (Å²) in [6.07, 6.45) is 0.0809. The van der Waals surface area contributed by atoms with Crippen LogP contribution < -0.4 is 5.32 Å². The molecule has 0 saturated carbocycles. The average molecular weight is 372 g/mol. The minimum Gasteiger partial charge on any atom is -0.451 e. The van der Waals surface area contributed by atoms with Crippen molar-refractivity contribution in [3.63, 3.8) is 0 Å². The van der Waals surface area contributed by atoms with Crippen molar-refractivity contribution in [1.82, 2.24) is 5.32 Å². The van der Waals surface area contributed by atoms with Crippen molar-refractivity contribution < 1.29 is 13.9 Å². The van der Waals surface area contributed by atoms with E-state index in [-0.39, 0.29) is 17.4 Å². The SMILES string of the molecule is CC(C)OCc1c(C(=O)NCC(C)(C)c2cccs2)oc2ccccc12. The fourth-order valence-corrected chi connectivity index (χ4v) is 3.66. The van der Waals surface area contributed by atoms with Crippen LogP contribution in [0.4, 0.5) is 0 Å². The van der Waals surface area contributed by atoms with Crippen molar-refractivity contribution in [2.45, 2.75) is 45.8 Å². The van der Waals surface area contributed by atoms with E-state index < -0.39 is 0 Å². The first-order valence-corrected chi connectivity index (χ1v) is 9.70. The van der Waals surface area contributed by atoms with Gasteiger partial charge in [-0.2, -0.15) is 0 Å². The quantitative estimate of drug-likeness (QED) is 0.626. The molecule has 138 valence electrons. The molecule has 0 aliphatic heterocycles. The zero-order chi connectivity index (χ0) is 18.7. The van der Waals surface area contributed by atoms with Crippen molar-refractivity contribution in [3.8, 4) is 0 Å². The van der Waals surface area contributed by atoms with E-state index in [2.05, 4.69) is 30.6 Å². The van der Waals surface area contributed by atoms with Crippen LogP contribution in [0.1, 0.15) is 48.7 Å². The standard InChI is InChI=1S/C21H25NO3S/c1-14(2)24-12-16-15-8-5-6-9-17(15)25-19(16)20(23)22-13-21(3,4)18-10-7-11-26-18/h5-11,14H,12-13H2,1-4H3,(H,22,23). The number of amides is 1. The minimum atomic E-state index is -0.201. The van der Waals surface area contributed by atoms with E-state index in [1.54, 1.807) is 11.3 Å². The maximum absolute atomic E-state index is 12.8. The van der Waals surface area contributed by atoms with Gasteiger partial charge in [0.2, 0.25) is 0 Å². The number of thiophene rings is 1. The maximum Gasteiger partial charge on any atom is 0.287 e. The molecule has 1 aromatic carbocycles. The molecule has 0 atom stereocenters. The Morgan fingerprint density at radius 2 is 2.00 bits per heavy atom. The zero-order valence-corrected chi connectivity index (χ0v) is 16.5.